The summed E-state index contributed by atoms with van der Waals surface area (Å²) in [7, 11) is 0. The highest BCUT2D eigenvalue weighted by Gasteiger charge is 2.05. The first kappa shape index (κ1) is 14.7. The molecule has 0 saturated carbocycles. The van der Waals surface area contributed by atoms with Gasteiger partial charge in [0.25, 0.3) is 0 Å². The lowest BCUT2D eigenvalue weighted by molar-refractivity contribution is -0.116. The molecule has 2 aromatic rings. The second-order valence-corrected chi connectivity index (χ2v) is 4.72. The summed E-state index contributed by atoms with van der Waals surface area (Å²) in [6, 6.07) is 12.1. The summed E-state index contributed by atoms with van der Waals surface area (Å²) in [6.07, 6.45) is 0.212. The van der Waals surface area contributed by atoms with Crippen LogP contribution in [-0.2, 0) is 4.79 Å². The summed E-state index contributed by atoms with van der Waals surface area (Å²) >= 11 is 0. The highest BCUT2D eigenvalue weighted by molar-refractivity contribution is 5.91. The second-order valence-electron chi connectivity index (χ2n) is 4.72. The Bertz CT molecular complexity index is 641. The Morgan fingerprint density at radius 2 is 2.10 bits per heavy atom. The van der Waals surface area contributed by atoms with Crippen LogP contribution in [0.4, 0.5) is 11.4 Å². The summed E-state index contributed by atoms with van der Waals surface area (Å²) in [4.78, 5) is 11.8. The number of anilines is 2. The van der Waals surface area contributed by atoms with Crippen LogP contribution in [0.1, 0.15) is 12.0 Å². The number of aryl methyl sites for hydroxylation is 1. The van der Waals surface area contributed by atoms with Crippen LogP contribution in [0.15, 0.2) is 42.5 Å². The van der Waals surface area contributed by atoms with Crippen molar-refractivity contribution in [1.29, 1.82) is 0 Å². The van der Waals surface area contributed by atoms with Crippen molar-refractivity contribution in [2.75, 3.05) is 17.7 Å². The van der Waals surface area contributed by atoms with Gasteiger partial charge < -0.3 is 20.9 Å². The molecule has 2 rings (SSSR count). The summed E-state index contributed by atoms with van der Waals surface area (Å²) < 4.78 is 5.45. The van der Waals surface area contributed by atoms with Gasteiger partial charge in [-0.3, -0.25) is 4.79 Å². The number of nitrogens with two attached hydrogens (primary N) is 1. The summed E-state index contributed by atoms with van der Waals surface area (Å²) in [5, 5.41) is 12.3. The van der Waals surface area contributed by atoms with Gasteiger partial charge in [0.15, 0.2) is 0 Å². The lowest BCUT2D eigenvalue weighted by Crippen LogP contribution is -2.15. The molecule has 0 spiro atoms. The molecule has 2 aromatic carbocycles. The van der Waals surface area contributed by atoms with Crippen LogP contribution >= 0.6 is 0 Å². The van der Waals surface area contributed by atoms with Gasteiger partial charge >= 0.3 is 0 Å². The molecule has 0 heterocycles. The van der Waals surface area contributed by atoms with Crippen LogP contribution in [0.2, 0.25) is 0 Å². The molecule has 5 heteroatoms. The first-order chi connectivity index (χ1) is 10.0. The minimum absolute atomic E-state index is 0.156. The Labute approximate surface area is 123 Å². The first-order valence-corrected chi connectivity index (χ1v) is 6.62. The highest BCUT2D eigenvalue weighted by Crippen LogP contribution is 2.21. The number of nitrogens with one attached hydrogen (secondary N) is 1. The number of amides is 1. The van der Waals surface area contributed by atoms with E-state index in [9.17, 15) is 9.90 Å². The third-order valence-electron chi connectivity index (χ3n) is 2.95. The Morgan fingerprint density at radius 1 is 1.29 bits per heavy atom. The number of phenols is 1. The van der Waals surface area contributed by atoms with E-state index in [1.165, 1.54) is 6.07 Å². The predicted molar refractivity (Wildman–Crippen MR) is 82.4 cm³/mol. The molecule has 21 heavy (non-hydrogen) atoms. The van der Waals surface area contributed by atoms with Crippen molar-refractivity contribution in [3.8, 4) is 11.5 Å². The van der Waals surface area contributed by atoms with Gasteiger partial charge in [0.05, 0.1) is 13.0 Å². The van der Waals surface area contributed by atoms with Crippen LogP contribution < -0.4 is 15.8 Å². The van der Waals surface area contributed by atoms with E-state index in [1.807, 2.05) is 0 Å². The molecule has 110 valence electrons. The molecule has 0 aliphatic carbocycles. The summed E-state index contributed by atoms with van der Waals surface area (Å²) in [6.45, 7) is 2.05. The van der Waals surface area contributed by atoms with Crippen molar-refractivity contribution in [2.24, 2.45) is 0 Å². The highest BCUT2D eigenvalue weighted by atomic mass is 16.5. The van der Waals surface area contributed by atoms with Crippen LogP contribution in [0.5, 0.6) is 11.5 Å². The lowest BCUT2D eigenvalue weighted by Gasteiger charge is -2.08. The minimum atomic E-state index is -0.179. The van der Waals surface area contributed by atoms with Gasteiger partial charge in [0, 0.05) is 23.5 Å². The van der Waals surface area contributed by atoms with Crippen LogP contribution in [0.3, 0.4) is 0 Å². The minimum Gasteiger partial charge on any atom is -0.508 e. The van der Waals surface area contributed by atoms with Crippen LogP contribution in [0.25, 0.3) is 0 Å². The Kier molecular flexibility index (Phi) is 4.66. The normalized spacial score (nSPS) is 10.1. The number of aromatic hydroxyl groups is 1. The molecule has 4 N–H and O–H groups in total. The molecule has 0 radical (unpaired) electrons. The van der Waals surface area contributed by atoms with Gasteiger partial charge in [-0.2, -0.15) is 0 Å². The van der Waals surface area contributed by atoms with E-state index < -0.39 is 0 Å². The number of benzene rings is 2. The fraction of sp³-hybridized carbons (Fsp3) is 0.188. The molecule has 0 unspecified atom stereocenters. The number of phenolic OH excluding ortho intramolecular Hbond substituents is 1. The van der Waals surface area contributed by atoms with E-state index in [0.717, 1.165) is 5.56 Å². The van der Waals surface area contributed by atoms with Gasteiger partial charge in [0.2, 0.25) is 5.91 Å². The third kappa shape index (κ3) is 4.42. The van der Waals surface area contributed by atoms with Gasteiger partial charge in [-0.05, 0) is 30.7 Å². The number of carbonyl (C=O) groups excluding carboxylic acids is 1. The monoisotopic (exact) mass is 286 g/mol. The molecule has 0 bridgehead atoms. The zero-order valence-corrected chi connectivity index (χ0v) is 11.8. The fourth-order valence-electron chi connectivity index (χ4n) is 1.78. The van der Waals surface area contributed by atoms with Gasteiger partial charge in [-0.1, -0.05) is 12.1 Å². The zero-order chi connectivity index (χ0) is 15.2. The largest absolute Gasteiger partial charge is 0.508 e. The number of carbonyl (C=O) groups is 1. The quantitative estimate of drug-likeness (QED) is 0.738. The molecule has 0 aromatic heterocycles. The molecule has 5 nitrogen and oxygen atoms in total. The van der Waals surface area contributed by atoms with E-state index in [0.29, 0.717) is 17.1 Å². The molecule has 0 fully saturated rings. The van der Waals surface area contributed by atoms with E-state index in [2.05, 4.69) is 5.32 Å². The fourth-order valence-corrected chi connectivity index (χ4v) is 1.78. The molecule has 0 aliphatic heterocycles. The van der Waals surface area contributed by atoms with Crippen LogP contribution in [0, 0.1) is 6.92 Å². The average molecular weight is 286 g/mol. The number of rotatable bonds is 5. The van der Waals surface area contributed by atoms with Gasteiger partial charge in [0.1, 0.15) is 11.5 Å². The van der Waals surface area contributed by atoms with E-state index in [4.69, 9.17) is 10.5 Å². The maximum atomic E-state index is 11.8. The molecular weight excluding hydrogens is 268 g/mol. The number of nitrogen functional groups attached to an aromatic ring is 1. The summed E-state index contributed by atoms with van der Waals surface area (Å²) in [5.74, 6) is 0.613. The second kappa shape index (κ2) is 6.65. The Balaban J connectivity index is 1.81. The van der Waals surface area contributed by atoms with Crippen molar-refractivity contribution >= 4 is 17.3 Å². The molecule has 0 aliphatic rings. The molecular formula is C16H18N2O3. The number of ether oxygens (including phenoxy) is 1. The van der Waals surface area contributed by atoms with E-state index in [-0.39, 0.29) is 24.7 Å². The maximum absolute atomic E-state index is 11.8. The third-order valence-corrected chi connectivity index (χ3v) is 2.95. The van der Waals surface area contributed by atoms with Crippen molar-refractivity contribution in [3.05, 3.63) is 48.0 Å². The molecule has 0 saturated heterocycles. The Morgan fingerprint density at radius 3 is 2.81 bits per heavy atom. The standard InChI is InChI=1S/C16H18N2O3/c1-11-5-6-13(10-15(11)19)18-16(20)7-8-21-14-4-2-3-12(17)9-14/h2-6,9-10,19H,7-8,17H2,1H3,(H,18,20). The lowest BCUT2D eigenvalue weighted by atomic mass is 10.2. The van der Waals surface area contributed by atoms with Crippen LogP contribution in [-0.4, -0.2) is 17.6 Å². The Hall–Kier alpha value is -2.69. The summed E-state index contributed by atoms with van der Waals surface area (Å²) in [5.41, 5.74) is 7.58. The van der Waals surface area contributed by atoms with E-state index >= 15 is 0 Å². The molecule has 1 amide bonds. The number of hydrogen-bond donors (Lipinski definition) is 3. The van der Waals surface area contributed by atoms with Gasteiger partial charge in [-0.25, -0.2) is 0 Å². The van der Waals surface area contributed by atoms with Crippen molar-refractivity contribution in [1.82, 2.24) is 0 Å². The van der Waals surface area contributed by atoms with Crippen molar-refractivity contribution in [2.45, 2.75) is 13.3 Å². The van der Waals surface area contributed by atoms with Gasteiger partial charge in [-0.15, -0.1) is 0 Å². The zero-order valence-electron chi connectivity index (χ0n) is 11.8. The smallest absolute Gasteiger partial charge is 0.227 e. The van der Waals surface area contributed by atoms with Crippen molar-refractivity contribution in [3.63, 3.8) is 0 Å². The average Bonchev–Trinajstić information content (AvgIpc) is 2.43. The first-order valence-electron chi connectivity index (χ1n) is 6.62. The number of hydrogen-bond acceptors (Lipinski definition) is 4. The SMILES string of the molecule is Cc1ccc(NC(=O)CCOc2cccc(N)c2)cc1O. The van der Waals surface area contributed by atoms with E-state index in [1.54, 1.807) is 43.3 Å². The predicted octanol–water partition coefficient (Wildman–Crippen LogP) is 2.69. The molecule has 0 atom stereocenters. The topological polar surface area (TPSA) is 84.6 Å². The maximum Gasteiger partial charge on any atom is 0.227 e. The van der Waals surface area contributed by atoms with Crippen molar-refractivity contribution < 1.29 is 14.6 Å².